The lowest BCUT2D eigenvalue weighted by Crippen LogP contribution is -2.37. The second kappa shape index (κ2) is 8.56. The van der Waals surface area contributed by atoms with Gasteiger partial charge >= 0.3 is 6.16 Å². The van der Waals surface area contributed by atoms with Crippen molar-refractivity contribution in [2.75, 3.05) is 6.61 Å². The van der Waals surface area contributed by atoms with Gasteiger partial charge in [0.25, 0.3) is 8.32 Å². The normalized spacial score (nSPS) is 13.5. The second-order valence-electron chi connectivity index (χ2n) is 5.84. The monoisotopic (exact) mass is 274 g/mol. The first-order valence-electron chi connectivity index (χ1n) is 7.19. The van der Waals surface area contributed by atoms with Gasteiger partial charge < -0.3 is 9.16 Å². The smallest absolute Gasteiger partial charge is 0.489 e. The van der Waals surface area contributed by atoms with E-state index in [4.69, 9.17) is 9.16 Å². The lowest BCUT2D eigenvalue weighted by atomic mass is 10.0. The highest BCUT2D eigenvalue weighted by molar-refractivity contribution is 6.73. The zero-order valence-electron chi connectivity index (χ0n) is 12.9. The van der Waals surface area contributed by atoms with Crippen molar-refractivity contribution in [2.24, 2.45) is 5.92 Å². The molecule has 1 atom stereocenters. The summed E-state index contributed by atoms with van der Waals surface area (Å²) >= 11 is 0. The predicted octanol–water partition coefficient (Wildman–Crippen LogP) is 4.97. The molecular formula is C14H30O3Si. The highest BCUT2D eigenvalue weighted by Gasteiger charge is 2.31. The van der Waals surface area contributed by atoms with E-state index in [0.29, 0.717) is 18.1 Å². The maximum Gasteiger partial charge on any atom is 0.494 e. The fourth-order valence-electron chi connectivity index (χ4n) is 1.45. The summed E-state index contributed by atoms with van der Waals surface area (Å²) < 4.78 is 10.7. The van der Waals surface area contributed by atoms with E-state index in [2.05, 4.69) is 27.7 Å². The van der Waals surface area contributed by atoms with Crippen molar-refractivity contribution in [1.82, 2.24) is 0 Å². The van der Waals surface area contributed by atoms with Gasteiger partial charge in [0, 0.05) is 0 Å². The molecule has 0 heterocycles. The van der Waals surface area contributed by atoms with E-state index in [1.54, 1.807) is 0 Å². The van der Waals surface area contributed by atoms with Crippen molar-refractivity contribution < 1.29 is 14.0 Å². The maximum absolute atomic E-state index is 11.6. The first-order chi connectivity index (χ1) is 8.33. The predicted molar refractivity (Wildman–Crippen MR) is 78.3 cm³/mol. The van der Waals surface area contributed by atoms with Crippen LogP contribution in [0.15, 0.2) is 0 Å². The zero-order valence-corrected chi connectivity index (χ0v) is 13.9. The van der Waals surface area contributed by atoms with Gasteiger partial charge in [0.05, 0.1) is 6.61 Å². The molecule has 0 aliphatic heterocycles. The van der Waals surface area contributed by atoms with Gasteiger partial charge in [0.15, 0.2) is 0 Å². The molecule has 0 saturated heterocycles. The van der Waals surface area contributed by atoms with Gasteiger partial charge in [-0.25, -0.2) is 4.79 Å². The minimum absolute atomic E-state index is 0.409. The third-order valence-electron chi connectivity index (χ3n) is 3.72. The lowest BCUT2D eigenvalue weighted by molar-refractivity contribution is 0.0783. The summed E-state index contributed by atoms with van der Waals surface area (Å²) in [4.78, 5) is 11.6. The quantitative estimate of drug-likeness (QED) is 0.463. The molecule has 0 N–H and O–H groups in total. The Balaban J connectivity index is 4.01. The van der Waals surface area contributed by atoms with Crippen LogP contribution in [0, 0.1) is 5.92 Å². The molecule has 0 radical (unpaired) electrons. The number of hydrogen-bond donors (Lipinski definition) is 0. The minimum atomic E-state index is -1.93. The van der Waals surface area contributed by atoms with Crippen LogP contribution in [0.1, 0.15) is 53.4 Å². The molecule has 0 aromatic carbocycles. The van der Waals surface area contributed by atoms with Crippen LogP contribution in [0.25, 0.3) is 0 Å². The average molecular weight is 274 g/mol. The second-order valence-corrected chi connectivity index (χ2v) is 10.4. The van der Waals surface area contributed by atoms with Crippen LogP contribution in [-0.2, 0) is 9.16 Å². The van der Waals surface area contributed by atoms with Crippen LogP contribution in [0.2, 0.25) is 18.6 Å². The highest BCUT2D eigenvalue weighted by Crippen LogP contribution is 2.22. The molecule has 0 spiro atoms. The van der Waals surface area contributed by atoms with Gasteiger partial charge in [-0.2, -0.15) is 0 Å². The van der Waals surface area contributed by atoms with Crippen LogP contribution in [0.4, 0.5) is 4.79 Å². The Bertz CT molecular complexity index is 239. The summed E-state index contributed by atoms with van der Waals surface area (Å²) in [6.07, 6.45) is 4.09. The number of hydrogen-bond acceptors (Lipinski definition) is 3. The van der Waals surface area contributed by atoms with E-state index in [1.807, 2.05) is 13.1 Å². The van der Waals surface area contributed by atoms with E-state index in [9.17, 15) is 4.79 Å². The standard InChI is InChI=1S/C14H30O3Si/c1-7-9-10-13(8-2)11-16-14(15)17-18(5,6)12(3)4/h12-13H,7-11H2,1-6H3. The Hall–Kier alpha value is -0.513. The molecule has 4 heteroatoms. The van der Waals surface area contributed by atoms with Gasteiger partial charge in [-0.1, -0.05) is 47.0 Å². The maximum atomic E-state index is 11.6. The first kappa shape index (κ1) is 17.5. The molecule has 0 amide bonds. The molecular weight excluding hydrogens is 244 g/mol. The molecule has 0 aliphatic carbocycles. The van der Waals surface area contributed by atoms with Gasteiger partial charge in [-0.15, -0.1) is 0 Å². The summed E-state index contributed by atoms with van der Waals surface area (Å²) in [5.41, 5.74) is 0.409. The van der Waals surface area contributed by atoms with Crippen molar-refractivity contribution in [3.05, 3.63) is 0 Å². The summed E-state index contributed by atoms with van der Waals surface area (Å²) in [5.74, 6) is 0.473. The van der Waals surface area contributed by atoms with Crippen molar-refractivity contribution in [3.63, 3.8) is 0 Å². The molecule has 0 aliphatic rings. The van der Waals surface area contributed by atoms with Crippen molar-refractivity contribution in [1.29, 1.82) is 0 Å². The van der Waals surface area contributed by atoms with Crippen LogP contribution in [-0.4, -0.2) is 21.1 Å². The fourth-order valence-corrected chi connectivity index (χ4v) is 2.17. The number of ether oxygens (including phenoxy) is 1. The average Bonchev–Trinajstić information content (AvgIpc) is 2.28. The molecule has 0 aromatic heterocycles. The Morgan fingerprint density at radius 1 is 1.22 bits per heavy atom. The number of rotatable bonds is 8. The molecule has 0 fully saturated rings. The van der Waals surface area contributed by atoms with E-state index < -0.39 is 14.5 Å². The molecule has 18 heavy (non-hydrogen) atoms. The largest absolute Gasteiger partial charge is 0.494 e. The first-order valence-corrected chi connectivity index (χ1v) is 10.2. The van der Waals surface area contributed by atoms with Crippen LogP contribution in [0.3, 0.4) is 0 Å². The van der Waals surface area contributed by atoms with E-state index in [0.717, 1.165) is 12.8 Å². The minimum Gasteiger partial charge on any atom is -0.489 e. The van der Waals surface area contributed by atoms with Crippen molar-refractivity contribution in [2.45, 2.75) is 72.0 Å². The number of unbranched alkanes of at least 4 members (excludes halogenated alkanes) is 1. The Morgan fingerprint density at radius 2 is 1.83 bits per heavy atom. The Labute approximate surface area is 113 Å². The number of carbonyl (C=O) groups is 1. The molecule has 108 valence electrons. The molecule has 0 saturated carbocycles. The third kappa shape index (κ3) is 7.04. The van der Waals surface area contributed by atoms with Gasteiger partial charge in [-0.3, -0.25) is 0 Å². The molecule has 1 unspecified atom stereocenters. The van der Waals surface area contributed by atoms with E-state index in [-0.39, 0.29) is 0 Å². The van der Waals surface area contributed by atoms with E-state index in [1.165, 1.54) is 12.8 Å². The molecule has 0 aromatic rings. The van der Waals surface area contributed by atoms with Crippen LogP contribution >= 0.6 is 0 Å². The van der Waals surface area contributed by atoms with Gasteiger partial charge in [0.2, 0.25) is 0 Å². The van der Waals surface area contributed by atoms with Gasteiger partial charge in [-0.05, 0) is 31.0 Å². The van der Waals surface area contributed by atoms with Gasteiger partial charge in [0.1, 0.15) is 0 Å². The summed E-state index contributed by atoms with van der Waals surface area (Å²) in [6.45, 7) is 13.1. The summed E-state index contributed by atoms with van der Waals surface area (Å²) in [5, 5.41) is 0. The molecule has 0 bridgehead atoms. The van der Waals surface area contributed by atoms with E-state index >= 15 is 0 Å². The summed E-state index contributed by atoms with van der Waals surface area (Å²) in [6, 6.07) is 0. The Morgan fingerprint density at radius 3 is 2.28 bits per heavy atom. The SMILES string of the molecule is CCCCC(CC)COC(=O)O[Si](C)(C)C(C)C. The lowest BCUT2D eigenvalue weighted by Gasteiger charge is -2.26. The molecule has 3 nitrogen and oxygen atoms in total. The summed E-state index contributed by atoms with van der Waals surface area (Å²) in [7, 11) is -1.93. The highest BCUT2D eigenvalue weighted by atomic mass is 28.4. The number of carbonyl (C=O) groups excluding carboxylic acids is 1. The van der Waals surface area contributed by atoms with Crippen molar-refractivity contribution >= 4 is 14.5 Å². The van der Waals surface area contributed by atoms with Crippen LogP contribution in [0.5, 0.6) is 0 Å². The zero-order chi connectivity index (χ0) is 14.2. The topological polar surface area (TPSA) is 35.5 Å². The fraction of sp³-hybridized carbons (Fsp3) is 0.929. The Kier molecular flexibility index (Phi) is 8.32. The molecule has 0 rings (SSSR count). The van der Waals surface area contributed by atoms with Crippen molar-refractivity contribution in [3.8, 4) is 0 Å². The van der Waals surface area contributed by atoms with Crippen LogP contribution < -0.4 is 0 Å². The third-order valence-corrected chi connectivity index (χ3v) is 7.19.